The molecule has 0 amide bonds. The van der Waals surface area contributed by atoms with Crippen molar-refractivity contribution < 1.29 is 0 Å². The maximum atomic E-state index is 5.34. The minimum Gasteiger partial charge on any atom is -0.330 e. The smallest absolute Gasteiger partial charge is 0.144 e. The van der Waals surface area contributed by atoms with Crippen LogP contribution in [0.5, 0.6) is 0 Å². The van der Waals surface area contributed by atoms with Gasteiger partial charge in [0.2, 0.25) is 0 Å². The molecule has 0 unspecified atom stereocenters. The van der Waals surface area contributed by atoms with Crippen molar-refractivity contribution >= 4 is 46.7 Å². The summed E-state index contributed by atoms with van der Waals surface area (Å²) in [5.41, 5.74) is 5.34. The Morgan fingerprint density at radius 2 is 2.50 bits per heavy atom. The molecule has 0 spiro atoms. The molecule has 0 saturated heterocycles. The number of rotatable bonds is 3. The number of thioether (sulfide) groups is 1. The summed E-state index contributed by atoms with van der Waals surface area (Å²) in [6.45, 7) is 0.736. The second-order valence-corrected chi connectivity index (χ2v) is 6.05. The fourth-order valence-electron chi connectivity index (χ4n) is 0.449. The monoisotopic (exact) mass is 209 g/mol. The van der Waals surface area contributed by atoms with Gasteiger partial charge in [0, 0.05) is 17.7 Å². The van der Waals surface area contributed by atoms with Gasteiger partial charge in [0.1, 0.15) is 3.14 Å². The molecule has 2 N–H and O–H groups in total. The SMILES string of the molecule is NCCSc1csc(=S)s1. The number of hydrogen-bond acceptors (Lipinski definition) is 5. The molecule has 0 atom stereocenters. The van der Waals surface area contributed by atoms with Crippen molar-refractivity contribution in [3.63, 3.8) is 0 Å². The quantitative estimate of drug-likeness (QED) is 0.612. The van der Waals surface area contributed by atoms with Crippen molar-refractivity contribution in [3.05, 3.63) is 8.52 Å². The van der Waals surface area contributed by atoms with Gasteiger partial charge >= 0.3 is 0 Å². The van der Waals surface area contributed by atoms with Gasteiger partial charge in [-0.3, -0.25) is 0 Å². The third-order valence-electron chi connectivity index (χ3n) is 0.797. The molecule has 5 heteroatoms. The number of nitrogens with two attached hydrogens (primary N) is 1. The van der Waals surface area contributed by atoms with Gasteiger partial charge in [-0.15, -0.1) is 34.4 Å². The summed E-state index contributed by atoms with van der Waals surface area (Å²) in [5, 5.41) is 2.09. The molecule has 0 fully saturated rings. The van der Waals surface area contributed by atoms with Gasteiger partial charge < -0.3 is 5.73 Å². The molecule has 56 valence electrons. The molecule has 1 heterocycles. The minimum absolute atomic E-state index is 0.736. The van der Waals surface area contributed by atoms with Gasteiger partial charge in [0.15, 0.2) is 0 Å². The van der Waals surface area contributed by atoms with Crippen molar-refractivity contribution in [2.24, 2.45) is 5.73 Å². The molecule has 0 aliphatic rings. The summed E-state index contributed by atoms with van der Waals surface area (Å²) in [5.74, 6) is 0.988. The molecule has 1 rings (SSSR count). The zero-order valence-electron chi connectivity index (χ0n) is 5.20. The highest BCUT2D eigenvalue weighted by molar-refractivity contribution is 8.01. The maximum absolute atomic E-state index is 5.34. The third kappa shape index (κ3) is 2.67. The molecule has 0 bridgehead atoms. The van der Waals surface area contributed by atoms with Crippen molar-refractivity contribution in [1.82, 2.24) is 0 Å². The Bertz CT molecular complexity index is 238. The van der Waals surface area contributed by atoms with Gasteiger partial charge in [0.05, 0.1) is 4.21 Å². The first-order chi connectivity index (χ1) is 4.83. The fourth-order valence-corrected chi connectivity index (χ4v) is 3.95. The summed E-state index contributed by atoms with van der Waals surface area (Å²) >= 11 is 10.0. The Balaban J connectivity index is 2.50. The summed E-state index contributed by atoms with van der Waals surface area (Å²) in [6, 6.07) is 0. The second-order valence-electron chi connectivity index (χ2n) is 1.54. The van der Waals surface area contributed by atoms with Crippen LogP contribution in [0.4, 0.5) is 0 Å². The molecule has 1 nitrogen and oxygen atoms in total. The van der Waals surface area contributed by atoms with Crippen LogP contribution in [0.1, 0.15) is 0 Å². The van der Waals surface area contributed by atoms with Gasteiger partial charge in [-0.2, -0.15) is 0 Å². The predicted molar refractivity (Wildman–Crippen MR) is 52.8 cm³/mol. The van der Waals surface area contributed by atoms with E-state index in [2.05, 4.69) is 5.38 Å². The van der Waals surface area contributed by atoms with E-state index in [1.807, 2.05) is 0 Å². The summed E-state index contributed by atoms with van der Waals surface area (Å²) in [4.78, 5) is 0. The lowest BCUT2D eigenvalue weighted by molar-refractivity contribution is 1.15. The Labute approximate surface area is 77.3 Å². The Morgan fingerprint density at radius 3 is 3.00 bits per heavy atom. The molecule has 0 aromatic carbocycles. The lowest BCUT2D eigenvalue weighted by Gasteiger charge is -1.90. The Kier molecular flexibility index (Phi) is 3.87. The minimum atomic E-state index is 0.736. The zero-order valence-corrected chi connectivity index (χ0v) is 8.47. The first kappa shape index (κ1) is 8.67. The van der Waals surface area contributed by atoms with Crippen LogP contribution in [0, 0.1) is 3.14 Å². The van der Waals surface area contributed by atoms with E-state index in [-0.39, 0.29) is 0 Å². The van der Waals surface area contributed by atoms with Crippen LogP contribution in [-0.4, -0.2) is 12.3 Å². The molecule has 0 radical (unpaired) electrons. The Hall–Kier alpha value is 0.580. The molecule has 0 aliphatic carbocycles. The van der Waals surface area contributed by atoms with Crippen LogP contribution in [0.2, 0.25) is 0 Å². The highest BCUT2D eigenvalue weighted by atomic mass is 32.2. The second kappa shape index (κ2) is 4.46. The van der Waals surface area contributed by atoms with E-state index < -0.39 is 0 Å². The average molecular weight is 209 g/mol. The highest BCUT2D eigenvalue weighted by Crippen LogP contribution is 2.27. The van der Waals surface area contributed by atoms with Gasteiger partial charge in [-0.25, -0.2) is 0 Å². The lowest BCUT2D eigenvalue weighted by atomic mass is 10.8. The largest absolute Gasteiger partial charge is 0.330 e. The summed E-state index contributed by atoms with van der Waals surface area (Å²) in [7, 11) is 0. The molecular weight excluding hydrogens is 202 g/mol. The van der Waals surface area contributed by atoms with Crippen molar-refractivity contribution in [3.8, 4) is 0 Å². The van der Waals surface area contributed by atoms with E-state index in [1.165, 1.54) is 4.21 Å². The van der Waals surface area contributed by atoms with E-state index in [9.17, 15) is 0 Å². The van der Waals surface area contributed by atoms with Crippen LogP contribution in [0.3, 0.4) is 0 Å². The van der Waals surface area contributed by atoms with E-state index in [0.717, 1.165) is 15.4 Å². The van der Waals surface area contributed by atoms with Crippen LogP contribution in [0.15, 0.2) is 9.59 Å². The van der Waals surface area contributed by atoms with Crippen LogP contribution in [0.25, 0.3) is 0 Å². The highest BCUT2D eigenvalue weighted by Gasteiger charge is 1.93. The summed E-state index contributed by atoms with van der Waals surface area (Å²) in [6.07, 6.45) is 0. The molecular formula is C5H7NS4. The van der Waals surface area contributed by atoms with Gasteiger partial charge in [-0.1, -0.05) is 12.2 Å². The topological polar surface area (TPSA) is 26.0 Å². The molecule has 0 saturated carbocycles. The lowest BCUT2D eigenvalue weighted by Crippen LogP contribution is -2.00. The Morgan fingerprint density at radius 1 is 1.70 bits per heavy atom. The first-order valence-corrected chi connectivity index (χ1v) is 5.83. The number of hydrogen-bond donors (Lipinski definition) is 1. The van der Waals surface area contributed by atoms with Crippen LogP contribution < -0.4 is 5.73 Å². The molecule has 1 aromatic rings. The average Bonchev–Trinajstić information content (AvgIpc) is 2.31. The third-order valence-corrected chi connectivity index (χ3v) is 4.65. The standard InChI is InChI=1S/C5H7NS4/c6-1-2-8-4-3-9-5(7)10-4/h3H,1-2,6H2. The van der Waals surface area contributed by atoms with Gasteiger partial charge in [0.25, 0.3) is 0 Å². The van der Waals surface area contributed by atoms with Crippen molar-refractivity contribution in [2.45, 2.75) is 4.21 Å². The fraction of sp³-hybridized carbons (Fsp3) is 0.400. The normalized spacial score (nSPS) is 10.1. The van der Waals surface area contributed by atoms with Crippen molar-refractivity contribution in [2.75, 3.05) is 12.3 Å². The molecule has 1 aromatic heterocycles. The molecule has 10 heavy (non-hydrogen) atoms. The molecule has 0 aliphatic heterocycles. The van der Waals surface area contributed by atoms with E-state index in [1.54, 1.807) is 34.4 Å². The van der Waals surface area contributed by atoms with E-state index >= 15 is 0 Å². The van der Waals surface area contributed by atoms with Gasteiger partial charge in [-0.05, 0) is 0 Å². The van der Waals surface area contributed by atoms with Crippen LogP contribution in [-0.2, 0) is 0 Å². The van der Waals surface area contributed by atoms with Crippen LogP contribution >= 0.6 is 46.7 Å². The maximum Gasteiger partial charge on any atom is 0.144 e. The van der Waals surface area contributed by atoms with E-state index in [4.69, 9.17) is 18.0 Å². The zero-order chi connectivity index (χ0) is 7.40. The van der Waals surface area contributed by atoms with E-state index in [0.29, 0.717) is 0 Å². The first-order valence-electron chi connectivity index (χ1n) is 2.74. The summed E-state index contributed by atoms with van der Waals surface area (Å²) < 4.78 is 2.29. The van der Waals surface area contributed by atoms with Crippen molar-refractivity contribution in [1.29, 1.82) is 0 Å². The predicted octanol–water partition coefficient (Wildman–Crippen LogP) is 2.59.